The number of rotatable bonds is 46. The number of hydrogen-bond donors (Lipinski definition) is 2. The van der Waals surface area contributed by atoms with Crippen LogP contribution in [0.5, 0.6) is 0 Å². The van der Waals surface area contributed by atoms with E-state index in [1.54, 1.807) is 7.05 Å². The molecule has 0 aromatic carbocycles. The third-order valence-electron chi connectivity index (χ3n) is 12.9. The second-order valence-corrected chi connectivity index (χ2v) is 18.5. The van der Waals surface area contributed by atoms with Gasteiger partial charge in [-0.3, -0.25) is 19.2 Å². The largest absolute Gasteiger partial charge is 0.462 e. The lowest BCUT2D eigenvalue weighted by atomic mass is 9.83. The summed E-state index contributed by atoms with van der Waals surface area (Å²) in [7, 11) is 1.73. The van der Waals surface area contributed by atoms with Gasteiger partial charge in [0.15, 0.2) is 0 Å². The molecule has 1 aliphatic carbocycles. The number of ether oxygens (including phenoxy) is 2. The molecule has 0 aliphatic heterocycles. The molecule has 61 heavy (non-hydrogen) atoms. The van der Waals surface area contributed by atoms with Gasteiger partial charge in [0.1, 0.15) is 12.2 Å². The Kier molecular flexibility index (Phi) is 38.3. The zero-order valence-corrected chi connectivity index (χ0v) is 40.8. The van der Waals surface area contributed by atoms with Gasteiger partial charge in [-0.2, -0.15) is 0 Å². The van der Waals surface area contributed by atoms with Crippen molar-refractivity contribution in [3.8, 4) is 0 Å². The van der Waals surface area contributed by atoms with Crippen molar-refractivity contribution < 1.29 is 28.7 Å². The number of nitrogens with one attached hydrogen (secondary N) is 2. The number of ketones is 2. The van der Waals surface area contributed by atoms with E-state index in [1.165, 1.54) is 109 Å². The van der Waals surface area contributed by atoms with Crippen molar-refractivity contribution in [2.24, 2.45) is 0 Å². The van der Waals surface area contributed by atoms with Gasteiger partial charge in [0.2, 0.25) is 11.6 Å². The van der Waals surface area contributed by atoms with Crippen LogP contribution in [-0.2, 0) is 28.7 Å². The fourth-order valence-corrected chi connectivity index (χ4v) is 8.74. The summed E-state index contributed by atoms with van der Waals surface area (Å²) < 4.78 is 11.9. The van der Waals surface area contributed by atoms with Crippen LogP contribution in [0.2, 0.25) is 0 Å². The van der Waals surface area contributed by atoms with Gasteiger partial charge in [-0.15, -0.1) is 0 Å². The monoisotopic (exact) mass is 862 g/mol. The van der Waals surface area contributed by atoms with Crippen molar-refractivity contribution in [1.29, 1.82) is 0 Å². The molecular weight excluding hydrogens is 763 g/mol. The zero-order chi connectivity index (χ0) is 44.6. The maximum absolute atomic E-state index is 12.9. The molecule has 0 saturated heterocycles. The lowest BCUT2D eigenvalue weighted by Gasteiger charge is -2.33. The summed E-state index contributed by atoms with van der Waals surface area (Å²) in [5.41, 5.74) is 0. The Bertz CT molecular complexity index is 1060. The van der Waals surface area contributed by atoms with E-state index in [0.717, 1.165) is 122 Å². The molecule has 9 heteroatoms. The molecule has 0 heterocycles. The van der Waals surface area contributed by atoms with Crippen LogP contribution in [0.25, 0.3) is 0 Å². The summed E-state index contributed by atoms with van der Waals surface area (Å²) in [5.74, 6) is -0.657. The third-order valence-corrected chi connectivity index (χ3v) is 12.9. The normalized spacial score (nSPS) is 15.8. The highest BCUT2D eigenvalue weighted by atomic mass is 16.5. The number of carbonyl (C=O) groups excluding carboxylic acids is 4. The van der Waals surface area contributed by atoms with Crippen LogP contribution in [0, 0.1) is 0 Å². The number of unbranched alkanes of at least 4 members (excludes halogenated alkanes) is 23. The molecule has 9 nitrogen and oxygen atoms in total. The first-order chi connectivity index (χ1) is 29.8. The molecular formula is C52H99N3O6. The molecule has 0 spiro atoms. The second-order valence-electron chi connectivity index (χ2n) is 18.5. The average Bonchev–Trinajstić information content (AvgIpc) is 3.26. The molecule has 2 N–H and O–H groups in total. The molecule has 3 atom stereocenters. The Morgan fingerprint density at radius 1 is 0.475 bits per heavy atom. The first kappa shape index (κ1) is 57.2. The van der Waals surface area contributed by atoms with Crippen LogP contribution >= 0.6 is 0 Å². The lowest BCUT2D eigenvalue weighted by molar-refractivity contribution is -0.150. The van der Waals surface area contributed by atoms with Gasteiger partial charge in [0.05, 0.1) is 12.1 Å². The summed E-state index contributed by atoms with van der Waals surface area (Å²) in [5, 5.41) is 6.26. The molecule has 1 rings (SSSR count). The van der Waals surface area contributed by atoms with E-state index in [1.807, 2.05) is 0 Å². The minimum atomic E-state index is -0.403. The number of hydrogen-bond acceptors (Lipinski definition) is 9. The van der Waals surface area contributed by atoms with Gasteiger partial charge < -0.3 is 25.0 Å². The maximum atomic E-state index is 12.9. The van der Waals surface area contributed by atoms with Gasteiger partial charge in [0, 0.05) is 12.8 Å². The SMILES string of the molecule is CCCCCCCCC(CC)OC(=O)CCCCCCCN(CCCCCCCC(=O)OC(CCCCCCCC)CCCCCCCC)CCCNC1C(=O)C(=O)C1NC. The zero-order valence-electron chi connectivity index (χ0n) is 40.8. The first-order valence-electron chi connectivity index (χ1n) is 26.4. The summed E-state index contributed by atoms with van der Waals surface area (Å²) in [6.07, 6.45) is 39.6. The molecule has 1 saturated carbocycles. The lowest BCUT2D eigenvalue weighted by Crippen LogP contribution is -2.68. The van der Waals surface area contributed by atoms with Gasteiger partial charge in [-0.25, -0.2) is 0 Å². The van der Waals surface area contributed by atoms with Gasteiger partial charge in [0.25, 0.3) is 0 Å². The smallest absolute Gasteiger partial charge is 0.306 e. The highest BCUT2D eigenvalue weighted by molar-refractivity contribution is 6.49. The van der Waals surface area contributed by atoms with Crippen LogP contribution in [0.1, 0.15) is 252 Å². The van der Waals surface area contributed by atoms with Gasteiger partial charge in [-0.05, 0) is 110 Å². The van der Waals surface area contributed by atoms with Crippen LogP contribution in [0.3, 0.4) is 0 Å². The Morgan fingerprint density at radius 2 is 0.836 bits per heavy atom. The molecule has 0 radical (unpaired) electrons. The van der Waals surface area contributed by atoms with Crippen LogP contribution in [-0.4, -0.2) is 85.9 Å². The topological polar surface area (TPSA) is 114 Å². The quantitative estimate of drug-likeness (QED) is 0.0351. The van der Waals surface area contributed by atoms with E-state index in [9.17, 15) is 19.2 Å². The number of esters is 2. The second kappa shape index (κ2) is 40.9. The van der Waals surface area contributed by atoms with E-state index >= 15 is 0 Å². The van der Waals surface area contributed by atoms with E-state index in [-0.39, 0.29) is 35.7 Å². The number of Topliss-reactive ketones (excluding diaryl/α,β-unsaturated/α-hetero) is 2. The summed E-state index contributed by atoms with van der Waals surface area (Å²) >= 11 is 0. The van der Waals surface area contributed by atoms with E-state index in [0.29, 0.717) is 19.4 Å². The standard InChI is InChI=1S/C52H99N3O6/c1-6-10-13-16-21-28-36-45(9-4)60-47(56)39-31-24-19-26-33-42-55(44-35-41-54-50-49(53-5)51(58)52(50)59)43-34-27-20-25-32-40-48(57)61-46(37-29-22-17-14-11-7-2)38-30-23-18-15-12-8-3/h45-46,49-50,53-54H,6-44H2,1-5H3. The number of likely N-dealkylation sites (N-methyl/N-ethyl adjacent to an activating group) is 1. The Hall–Kier alpha value is -1.84. The van der Waals surface area contributed by atoms with Crippen LogP contribution < -0.4 is 10.6 Å². The predicted molar refractivity (Wildman–Crippen MR) is 255 cm³/mol. The predicted octanol–water partition coefficient (Wildman–Crippen LogP) is 12.5. The molecule has 3 unspecified atom stereocenters. The average molecular weight is 862 g/mol. The highest BCUT2D eigenvalue weighted by Crippen LogP contribution is 2.19. The summed E-state index contributed by atoms with van der Waals surface area (Å²) in [4.78, 5) is 51.8. The first-order valence-corrected chi connectivity index (χ1v) is 26.4. The van der Waals surface area contributed by atoms with Crippen molar-refractivity contribution in [2.75, 3.05) is 33.2 Å². The Morgan fingerprint density at radius 3 is 1.28 bits per heavy atom. The summed E-state index contributed by atoms with van der Waals surface area (Å²) in [6.45, 7) is 12.6. The summed E-state index contributed by atoms with van der Waals surface area (Å²) in [6, 6.07) is -0.803. The van der Waals surface area contributed by atoms with Crippen molar-refractivity contribution in [2.45, 2.75) is 277 Å². The fourth-order valence-electron chi connectivity index (χ4n) is 8.74. The highest BCUT2D eigenvalue weighted by Gasteiger charge is 2.47. The Balaban J connectivity index is 2.39. The molecule has 0 aromatic heterocycles. The molecule has 0 amide bonds. The molecule has 1 aliphatic rings. The fraction of sp³-hybridized carbons (Fsp3) is 0.923. The molecule has 0 bridgehead atoms. The van der Waals surface area contributed by atoms with Crippen molar-refractivity contribution in [1.82, 2.24) is 15.5 Å². The van der Waals surface area contributed by atoms with Gasteiger partial charge in [-0.1, -0.05) is 163 Å². The number of nitrogens with zero attached hydrogens (tertiary/aromatic N) is 1. The van der Waals surface area contributed by atoms with Crippen molar-refractivity contribution in [3.05, 3.63) is 0 Å². The van der Waals surface area contributed by atoms with Crippen molar-refractivity contribution in [3.63, 3.8) is 0 Å². The molecule has 1 fully saturated rings. The van der Waals surface area contributed by atoms with E-state index in [2.05, 4.69) is 43.2 Å². The van der Waals surface area contributed by atoms with Crippen molar-refractivity contribution >= 4 is 23.5 Å². The van der Waals surface area contributed by atoms with E-state index in [4.69, 9.17) is 9.47 Å². The molecule has 358 valence electrons. The molecule has 0 aromatic rings. The number of carbonyl (C=O) groups is 4. The third kappa shape index (κ3) is 30.8. The van der Waals surface area contributed by atoms with Gasteiger partial charge >= 0.3 is 11.9 Å². The maximum Gasteiger partial charge on any atom is 0.306 e. The minimum absolute atomic E-state index is 0.000348. The minimum Gasteiger partial charge on any atom is -0.462 e. The van der Waals surface area contributed by atoms with Crippen LogP contribution in [0.15, 0.2) is 0 Å². The Labute approximate surface area is 376 Å². The van der Waals surface area contributed by atoms with Crippen LogP contribution in [0.4, 0.5) is 0 Å². The van der Waals surface area contributed by atoms with E-state index < -0.39 is 12.1 Å².